The molecule has 6 nitrogen and oxygen atoms in total. The predicted molar refractivity (Wildman–Crippen MR) is 126 cm³/mol. The van der Waals surface area contributed by atoms with E-state index in [1.165, 1.54) is 17.7 Å². The van der Waals surface area contributed by atoms with Crippen molar-refractivity contribution in [3.05, 3.63) is 95.6 Å². The largest absolute Gasteiger partial charge is 0.336 e. The van der Waals surface area contributed by atoms with Crippen LogP contribution in [0.15, 0.2) is 83.8 Å². The lowest BCUT2D eigenvalue weighted by atomic mass is 10.1. The van der Waals surface area contributed by atoms with Gasteiger partial charge in [-0.1, -0.05) is 48.5 Å². The summed E-state index contributed by atoms with van der Waals surface area (Å²) in [6.45, 7) is 5.66. The molecule has 32 heavy (non-hydrogen) atoms. The third-order valence-corrected chi connectivity index (χ3v) is 7.09. The summed E-state index contributed by atoms with van der Waals surface area (Å²) in [6, 6.07) is 23.7. The van der Waals surface area contributed by atoms with E-state index in [0.29, 0.717) is 24.3 Å². The number of benzene rings is 3. The molecule has 1 amide bonds. The van der Waals surface area contributed by atoms with Crippen molar-refractivity contribution in [1.29, 1.82) is 0 Å². The van der Waals surface area contributed by atoms with E-state index in [2.05, 4.69) is 21.8 Å². The molecule has 0 aromatic heterocycles. The third-order valence-electron chi connectivity index (χ3n) is 5.71. The molecular formula is C25H27N3O3S. The van der Waals surface area contributed by atoms with Crippen molar-refractivity contribution in [2.45, 2.75) is 18.4 Å². The fourth-order valence-corrected chi connectivity index (χ4v) is 4.93. The van der Waals surface area contributed by atoms with Gasteiger partial charge >= 0.3 is 0 Å². The molecule has 0 spiro atoms. The number of piperazine rings is 1. The number of para-hydroxylation sites is 1. The van der Waals surface area contributed by atoms with Gasteiger partial charge in [-0.05, 0) is 48.4 Å². The summed E-state index contributed by atoms with van der Waals surface area (Å²) in [5.41, 5.74) is 3.15. The van der Waals surface area contributed by atoms with Gasteiger partial charge in [-0.2, -0.15) is 0 Å². The Labute approximate surface area is 189 Å². The number of anilines is 1. The predicted octanol–water partition coefficient (Wildman–Crippen LogP) is 3.75. The maximum absolute atomic E-state index is 12.9. The maximum Gasteiger partial charge on any atom is 0.261 e. The smallest absolute Gasteiger partial charge is 0.261 e. The first-order valence-electron chi connectivity index (χ1n) is 10.7. The molecule has 1 fully saturated rings. The molecule has 3 aromatic carbocycles. The Hall–Kier alpha value is -3.16. The average molecular weight is 450 g/mol. The fourth-order valence-electron chi connectivity index (χ4n) is 3.80. The van der Waals surface area contributed by atoms with E-state index in [0.717, 1.165) is 25.2 Å². The number of nitrogens with zero attached hydrogens (tertiary/aromatic N) is 2. The van der Waals surface area contributed by atoms with Gasteiger partial charge in [-0.25, -0.2) is 8.42 Å². The van der Waals surface area contributed by atoms with Crippen molar-refractivity contribution in [1.82, 2.24) is 9.80 Å². The number of hydrogen-bond acceptors (Lipinski definition) is 4. The molecule has 166 valence electrons. The SMILES string of the molecule is Cc1ccccc1NS(=O)(=O)c1ccc(C(=O)N2CCN(Cc3ccccc3)CC2)cc1. The van der Waals surface area contributed by atoms with Gasteiger partial charge < -0.3 is 4.90 Å². The van der Waals surface area contributed by atoms with Crippen LogP contribution in [0, 0.1) is 6.92 Å². The number of hydrogen-bond donors (Lipinski definition) is 1. The molecular weight excluding hydrogens is 422 g/mol. The quantitative estimate of drug-likeness (QED) is 0.622. The van der Waals surface area contributed by atoms with Crippen molar-refractivity contribution >= 4 is 21.6 Å². The molecule has 4 rings (SSSR count). The second-order valence-corrected chi connectivity index (χ2v) is 9.68. The molecule has 1 aliphatic rings. The normalized spacial score (nSPS) is 14.8. The number of carbonyl (C=O) groups excluding carboxylic acids is 1. The van der Waals surface area contributed by atoms with Crippen LogP contribution < -0.4 is 4.72 Å². The van der Waals surface area contributed by atoms with Crippen LogP contribution in [0.5, 0.6) is 0 Å². The van der Waals surface area contributed by atoms with Crippen LogP contribution in [0.3, 0.4) is 0 Å². The van der Waals surface area contributed by atoms with Crippen LogP contribution in [-0.2, 0) is 16.6 Å². The van der Waals surface area contributed by atoms with E-state index >= 15 is 0 Å². The zero-order chi connectivity index (χ0) is 22.6. The summed E-state index contributed by atoms with van der Waals surface area (Å²) < 4.78 is 28.0. The number of rotatable bonds is 6. The standard InChI is InChI=1S/C25H27N3O3S/c1-20-7-5-6-10-24(20)26-32(30,31)23-13-11-22(12-14-23)25(29)28-17-15-27(16-18-28)19-21-8-3-2-4-9-21/h2-14,26H,15-19H2,1H3. The first kappa shape index (κ1) is 22.0. The Morgan fingerprint density at radius 1 is 0.844 bits per heavy atom. The van der Waals surface area contributed by atoms with Gasteiger partial charge in [-0.3, -0.25) is 14.4 Å². The molecule has 0 bridgehead atoms. The summed E-state index contributed by atoms with van der Waals surface area (Å²) in [6.07, 6.45) is 0. The minimum atomic E-state index is -3.72. The van der Waals surface area contributed by atoms with Crippen molar-refractivity contribution < 1.29 is 13.2 Å². The van der Waals surface area contributed by atoms with E-state index in [-0.39, 0.29) is 10.8 Å². The minimum absolute atomic E-state index is 0.0693. The third kappa shape index (κ3) is 5.18. The van der Waals surface area contributed by atoms with Crippen LogP contribution in [0.4, 0.5) is 5.69 Å². The monoisotopic (exact) mass is 449 g/mol. The lowest BCUT2D eigenvalue weighted by molar-refractivity contribution is 0.0628. The van der Waals surface area contributed by atoms with Gasteiger partial charge in [0.1, 0.15) is 0 Å². The molecule has 0 aliphatic carbocycles. The second-order valence-electron chi connectivity index (χ2n) is 8.00. The maximum atomic E-state index is 12.9. The summed E-state index contributed by atoms with van der Waals surface area (Å²) in [7, 11) is -3.72. The van der Waals surface area contributed by atoms with Crippen LogP contribution in [0.1, 0.15) is 21.5 Å². The highest BCUT2D eigenvalue weighted by molar-refractivity contribution is 7.92. The Morgan fingerprint density at radius 3 is 2.12 bits per heavy atom. The van der Waals surface area contributed by atoms with Gasteiger partial charge in [0.05, 0.1) is 10.6 Å². The highest BCUT2D eigenvalue weighted by Crippen LogP contribution is 2.20. The van der Waals surface area contributed by atoms with Crippen LogP contribution in [-0.4, -0.2) is 50.3 Å². The molecule has 0 unspecified atom stereocenters. The van der Waals surface area contributed by atoms with Crippen LogP contribution >= 0.6 is 0 Å². The van der Waals surface area contributed by atoms with E-state index in [1.54, 1.807) is 24.3 Å². The van der Waals surface area contributed by atoms with Crippen molar-refractivity contribution in [2.75, 3.05) is 30.9 Å². The first-order valence-corrected chi connectivity index (χ1v) is 12.1. The molecule has 1 N–H and O–H groups in total. The van der Waals surface area contributed by atoms with Gasteiger partial charge in [0.2, 0.25) is 0 Å². The Kier molecular flexibility index (Phi) is 6.58. The van der Waals surface area contributed by atoms with Gasteiger partial charge in [-0.15, -0.1) is 0 Å². The average Bonchev–Trinajstić information content (AvgIpc) is 2.81. The summed E-state index contributed by atoms with van der Waals surface area (Å²) >= 11 is 0. The highest BCUT2D eigenvalue weighted by atomic mass is 32.2. The Morgan fingerprint density at radius 2 is 1.47 bits per heavy atom. The van der Waals surface area contributed by atoms with E-state index in [9.17, 15) is 13.2 Å². The zero-order valence-corrected chi connectivity index (χ0v) is 18.9. The molecule has 1 saturated heterocycles. The molecule has 1 heterocycles. The van der Waals surface area contributed by atoms with Gasteiger partial charge in [0.25, 0.3) is 15.9 Å². The molecule has 7 heteroatoms. The zero-order valence-electron chi connectivity index (χ0n) is 18.1. The summed E-state index contributed by atoms with van der Waals surface area (Å²) in [4.78, 5) is 17.2. The Bertz CT molecular complexity index is 1170. The number of carbonyl (C=O) groups is 1. The van der Waals surface area contributed by atoms with Crippen LogP contribution in [0.25, 0.3) is 0 Å². The number of aryl methyl sites for hydroxylation is 1. The lowest BCUT2D eigenvalue weighted by Crippen LogP contribution is -2.48. The summed E-state index contributed by atoms with van der Waals surface area (Å²) in [5.74, 6) is -0.0693. The lowest BCUT2D eigenvalue weighted by Gasteiger charge is -2.34. The van der Waals surface area contributed by atoms with Crippen molar-refractivity contribution in [2.24, 2.45) is 0 Å². The first-order chi connectivity index (χ1) is 15.4. The summed E-state index contributed by atoms with van der Waals surface area (Å²) in [5, 5.41) is 0. The Balaban J connectivity index is 1.37. The fraction of sp³-hybridized carbons (Fsp3) is 0.240. The number of amides is 1. The number of sulfonamides is 1. The molecule has 0 atom stereocenters. The highest BCUT2D eigenvalue weighted by Gasteiger charge is 2.23. The van der Waals surface area contributed by atoms with Gasteiger partial charge in [0, 0.05) is 38.3 Å². The molecule has 1 aliphatic heterocycles. The molecule has 0 saturated carbocycles. The second kappa shape index (κ2) is 9.54. The number of nitrogens with one attached hydrogen (secondary N) is 1. The van der Waals surface area contributed by atoms with Gasteiger partial charge in [0.15, 0.2) is 0 Å². The van der Waals surface area contributed by atoms with Crippen LogP contribution in [0.2, 0.25) is 0 Å². The topological polar surface area (TPSA) is 69.7 Å². The van der Waals surface area contributed by atoms with Crippen molar-refractivity contribution in [3.8, 4) is 0 Å². The molecule has 3 aromatic rings. The van der Waals surface area contributed by atoms with E-state index in [4.69, 9.17) is 0 Å². The van der Waals surface area contributed by atoms with E-state index < -0.39 is 10.0 Å². The van der Waals surface area contributed by atoms with E-state index in [1.807, 2.05) is 42.2 Å². The molecule has 0 radical (unpaired) electrons. The van der Waals surface area contributed by atoms with Crippen molar-refractivity contribution in [3.63, 3.8) is 0 Å². The minimum Gasteiger partial charge on any atom is -0.336 e.